The minimum absolute atomic E-state index is 0.105. The number of rotatable bonds is 2. The summed E-state index contributed by atoms with van der Waals surface area (Å²) < 4.78 is 0. The van der Waals surface area contributed by atoms with Gasteiger partial charge in [-0.15, -0.1) is 0 Å². The third-order valence-electron chi connectivity index (χ3n) is 2.62. The molecule has 86 valence electrons. The maximum absolute atomic E-state index is 11.8. The van der Waals surface area contributed by atoms with Crippen molar-refractivity contribution in [3.05, 3.63) is 28.2 Å². The first-order valence-electron chi connectivity index (χ1n) is 4.93. The van der Waals surface area contributed by atoms with E-state index in [2.05, 4.69) is 15.9 Å². The minimum Gasteiger partial charge on any atom is -0.311 e. The first-order valence-corrected chi connectivity index (χ1v) is 6.81. The average Bonchev–Trinajstić information content (AvgIpc) is 2.63. The van der Waals surface area contributed by atoms with E-state index in [1.54, 1.807) is 23.1 Å². The van der Waals surface area contributed by atoms with Crippen LogP contribution in [0.5, 0.6) is 0 Å². The molecule has 1 heterocycles. The van der Waals surface area contributed by atoms with Crippen LogP contribution in [0, 0.1) is 5.92 Å². The maximum Gasteiger partial charge on any atom is 0.227 e. The molecule has 5 heteroatoms. The lowest BCUT2D eigenvalue weighted by Crippen LogP contribution is -2.24. The van der Waals surface area contributed by atoms with Crippen molar-refractivity contribution in [3.8, 4) is 0 Å². The van der Waals surface area contributed by atoms with Gasteiger partial charge < -0.3 is 4.90 Å². The molecule has 0 radical (unpaired) electrons. The van der Waals surface area contributed by atoms with Crippen LogP contribution >= 0.6 is 39.1 Å². The van der Waals surface area contributed by atoms with Crippen LogP contribution in [0.2, 0.25) is 10.0 Å². The van der Waals surface area contributed by atoms with Crippen molar-refractivity contribution in [2.75, 3.05) is 16.8 Å². The molecule has 1 aliphatic rings. The van der Waals surface area contributed by atoms with Gasteiger partial charge in [0.2, 0.25) is 5.91 Å². The van der Waals surface area contributed by atoms with Gasteiger partial charge >= 0.3 is 0 Å². The Hall–Kier alpha value is -0.250. The molecule has 1 amide bonds. The number of benzene rings is 1. The van der Waals surface area contributed by atoms with E-state index in [1.807, 2.05) is 0 Å². The predicted octanol–water partition coefficient (Wildman–Crippen LogP) is 3.74. The van der Waals surface area contributed by atoms with Gasteiger partial charge in [-0.05, 0) is 24.1 Å². The van der Waals surface area contributed by atoms with Crippen LogP contribution in [0.15, 0.2) is 18.2 Å². The summed E-state index contributed by atoms with van der Waals surface area (Å²) in [4.78, 5) is 13.5. The van der Waals surface area contributed by atoms with Crippen LogP contribution in [-0.2, 0) is 4.79 Å². The van der Waals surface area contributed by atoms with E-state index in [0.717, 1.165) is 5.33 Å². The molecule has 2 rings (SSSR count). The van der Waals surface area contributed by atoms with Gasteiger partial charge in [-0.1, -0.05) is 39.1 Å². The highest BCUT2D eigenvalue weighted by molar-refractivity contribution is 9.09. The molecule has 0 saturated carbocycles. The number of nitrogens with zero attached hydrogens (tertiary/aromatic N) is 1. The molecule has 0 spiro atoms. The molecule has 1 aromatic rings. The SMILES string of the molecule is O=C1CC(CBr)CN1c1cc(Cl)ccc1Cl. The van der Waals surface area contributed by atoms with Crippen molar-refractivity contribution in [2.24, 2.45) is 5.92 Å². The lowest BCUT2D eigenvalue weighted by Gasteiger charge is -2.18. The standard InChI is InChI=1S/C11H10BrCl2NO/c12-5-7-3-11(16)15(6-7)10-4-8(13)1-2-9(10)14/h1-2,4,7H,3,5-6H2. The summed E-state index contributed by atoms with van der Waals surface area (Å²) in [7, 11) is 0. The molecule has 1 atom stereocenters. The quantitative estimate of drug-likeness (QED) is 0.759. The normalized spacial score (nSPS) is 20.6. The molecule has 16 heavy (non-hydrogen) atoms. The first-order chi connectivity index (χ1) is 7.61. The minimum atomic E-state index is 0.105. The van der Waals surface area contributed by atoms with Crippen LogP contribution in [0.1, 0.15) is 6.42 Å². The van der Waals surface area contributed by atoms with Gasteiger partial charge in [-0.3, -0.25) is 4.79 Å². The second-order valence-electron chi connectivity index (χ2n) is 3.82. The number of alkyl halides is 1. The largest absolute Gasteiger partial charge is 0.311 e. The lowest BCUT2D eigenvalue weighted by atomic mass is 10.2. The molecule has 0 bridgehead atoms. The molecule has 1 saturated heterocycles. The van der Waals surface area contributed by atoms with Crippen molar-refractivity contribution in [1.82, 2.24) is 0 Å². The Kier molecular flexibility index (Phi) is 3.77. The number of hydrogen-bond acceptors (Lipinski definition) is 1. The number of halogens is 3. The predicted molar refractivity (Wildman–Crippen MR) is 70.7 cm³/mol. The van der Waals surface area contributed by atoms with Crippen molar-refractivity contribution in [3.63, 3.8) is 0 Å². The number of amides is 1. The number of carbonyl (C=O) groups is 1. The van der Waals surface area contributed by atoms with E-state index >= 15 is 0 Å². The van der Waals surface area contributed by atoms with Crippen LogP contribution in [0.3, 0.4) is 0 Å². The van der Waals surface area contributed by atoms with Gasteiger partial charge in [-0.25, -0.2) is 0 Å². The van der Waals surface area contributed by atoms with E-state index in [0.29, 0.717) is 34.6 Å². The van der Waals surface area contributed by atoms with Gasteiger partial charge in [0, 0.05) is 23.3 Å². The number of anilines is 1. The van der Waals surface area contributed by atoms with Crippen molar-refractivity contribution in [1.29, 1.82) is 0 Å². The summed E-state index contributed by atoms with van der Waals surface area (Å²) in [6, 6.07) is 5.17. The van der Waals surface area contributed by atoms with Crippen molar-refractivity contribution in [2.45, 2.75) is 6.42 Å². The highest BCUT2D eigenvalue weighted by Gasteiger charge is 2.30. The Morgan fingerprint density at radius 1 is 1.44 bits per heavy atom. The summed E-state index contributed by atoms with van der Waals surface area (Å²) in [5, 5.41) is 1.98. The Morgan fingerprint density at radius 3 is 2.81 bits per heavy atom. The fourth-order valence-corrected chi connectivity index (χ4v) is 2.63. The highest BCUT2D eigenvalue weighted by Crippen LogP contribution is 2.33. The Morgan fingerprint density at radius 2 is 2.19 bits per heavy atom. The molecule has 1 unspecified atom stereocenters. The molecule has 0 aliphatic carbocycles. The van der Waals surface area contributed by atoms with Crippen LogP contribution in [-0.4, -0.2) is 17.8 Å². The average molecular weight is 323 g/mol. The third-order valence-corrected chi connectivity index (χ3v) is 4.09. The topological polar surface area (TPSA) is 20.3 Å². The van der Waals surface area contributed by atoms with Crippen LogP contribution in [0.4, 0.5) is 5.69 Å². The molecule has 2 nitrogen and oxygen atoms in total. The van der Waals surface area contributed by atoms with Gasteiger partial charge in [0.15, 0.2) is 0 Å². The van der Waals surface area contributed by atoms with E-state index in [-0.39, 0.29) is 5.91 Å². The van der Waals surface area contributed by atoms with Gasteiger partial charge in [0.1, 0.15) is 0 Å². The number of hydrogen-bond donors (Lipinski definition) is 0. The van der Waals surface area contributed by atoms with Crippen LogP contribution < -0.4 is 4.90 Å². The summed E-state index contributed by atoms with van der Waals surface area (Å²) >= 11 is 15.4. The van der Waals surface area contributed by atoms with Gasteiger partial charge in [0.05, 0.1) is 10.7 Å². The summed E-state index contributed by atoms with van der Waals surface area (Å²) in [5.74, 6) is 0.455. The Labute approximate surface area is 113 Å². The molecule has 1 aliphatic heterocycles. The Bertz CT molecular complexity index is 424. The zero-order chi connectivity index (χ0) is 11.7. The summed E-state index contributed by atoms with van der Waals surface area (Å²) in [6.07, 6.45) is 0.564. The maximum atomic E-state index is 11.8. The van der Waals surface area contributed by atoms with E-state index in [1.165, 1.54) is 0 Å². The molecular formula is C11H10BrCl2NO. The summed E-state index contributed by atoms with van der Waals surface area (Å²) in [5.41, 5.74) is 0.711. The molecule has 1 aromatic carbocycles. The second-order valence-corrected chi connectivity index (χ2v) is 5.32. The van der Waals surface area contributed by atoms with Crippen molar-refractivity contribution >= 4 is 50.7 Å². The highest BCUT2D eigenvalue weighted by atomic mass is 79.9. The van der Waals surface area contributed by atoms with E-state index in [4.69, 9.17) is 23.2 Å². The third kappa shape index (κ3) is 2.36. The fourth-order valence-electron chi connectivity index (χ4n) is 1.81. The van der Waals surface area contributed by atoms with E-state index < -0.39 is 0 Å². The molecule has 1 fully saturated rings. The van der Waals surface area contributed by atoms with Crippen LogP contribution in [0.25, 0.3) is 0 Å². The first kappa shape index (κ1) is 12.2. The Balaban J connectivity index is 2.30. The second kappa shape index (κ2) is 4.94. The lowest BCUT2D eigenvalue weighted by molar-refractivity contribution is -0.117. The smallest absolute Gasteiger partial charge is 0.227 e. The molecular weight excluding hydrogens is 313 g/mol. The van der Waals surface area contributed by atoms with Gasteiger partial charge in [-0.2, -0.15) is 0 Å². The zero-order valence-corrected chi connectivity index (χ0v) is 11.5. The molecule has 0 N–H and O–H groups in total. The molecule has 0 aromatic heterocycles. The van der Waals surface area contributed by atoms with Gasteiger partial charge in [0.25, 0.3) is 0 Å². The summed E-state index contributed by atoms with van der Waals surface area (Å²) in [6.45, 7) is 0.699. The number of carbonyl (C=O) groups excluding carboxylic acids is 1. The van der Waals surface area contributed by atoms with Crippen molar-refractivity contribution < 1.29 is 4.79 Å². The fraction of sp³-hybridized carbons (Fsp3) is 0.364. The zero-order valence-electron chi connectivity index (χ0n) is 8.42. The monoisotopic (exact) mass is 321 g/mol. The van der Waals surface area contributed by atoms with E-state index in [9.17, 15) is 4.79 Å².